The molecule has 0 fully saturated rings. The number of aromatic nitrogens is 2. The zero-order valence-electron chi connectivity index (χ0n) is 30.0. The summed E-state index contributed by atoms with van der Waals surface area (Å²) in [7, 11) is -4.24. The third-order valence-electron chi connectivity index (χ3n) is 10.5. The molecule has 2 atom stereocenters. The Morgan fingerprint density at radius 3 is 2.35 bits per heavy atom. The lowest BCUT2D eigenvalue weighted by Crippen LogP contribution is -2.44. The Morgan fingerprint density at radius 1 is 1.02 bits per heavy atom. The first-order chi connectivity index (χ1) is 26.5. The van der Waals surface area contributed by atoms with Crippen molar-refractivity contribution in [3.8, 4) is 11.4 Å². The van der Waals surface area contributed by atoms with E-state index in [4.69, 9.17) is 28.0 Å². The molecular weight excluding hydrogens is 732 g/mol. The first kappa shape index (κ1) is 36.7. The van der Waals surface area contributed by atoms with E-state index in [9.17, 15) is 24.1 Å². The number of cyclic esters (lactones) is 1. The summed E-state index contributed by atoms with van der Waals surface area (Å²) in [5, 5.41) is 14.9. The monoisotopic (exact) mass is 769 g/mol. The number of pyridine rings is 2. The molecular formula is C40H37FN3O10P. The van der Waals surface area contributed by atoms with Gasteiger partial charge in [0.1, 0.15) is 12.4 Å². The number of aryl methyl sites for hydroxylation is 1. The van der Waals surface area contributed by atoms with Crippen molar-refractivity contribution < 1.29 is 46.7 Å². The predicted molar refractivity (Wildman–Crippen MR) is 196 cm³/mol. The third kappa shape index (κ3) is 6.64. The average Bonchev–Trinajstić information content (AvgIpc) is 3.57. The number of halogens is 1. The van der Waals surface area contributed by atoms with E-state index < -0.39 is 49.7 Å². The van der Waals surface area contributed by atoms with Crippen molar-refractivity contribution in [1.82, 2.24) is 14.9 Å². The number of rotatable bonds is 11. The van der Waals surface area contributed by atoms with Crippen LogP contribution >= 0.6 is 7.82 Å². The minimum Gasteiger partial charge on any atom is -0.458 e. The van der Waals surface area contributed by atoms with Gasteiger partial charge >= 0.3 is 19.9 Å². The lowest BCUT2D eigenvalue weighted by molar-refractivity contribution is -0.172. The van der Waals surface area contributed by atoms with Crippen molar-refractivity contribution >= 4 is 30.8 Å². The van der Waals surface area contributed by atoms with Crippen LogP contribution in [-0.2, 0) is 70.8 Å². The average molecular weight is 770 g/mol. The second-order valence-electron chi connectivity index (χ2n) is 13.7. The number of fused-ring (bicyclic) bond motifs is 5. The molecule has 0 unspecified atom stereocenters. The Labute approximate surface area is 314 Å². The highest BCUT2D eigenvalue weighted by Gasteiger charge is 2.46. The van der Waals surface area contributed by atoms with Crippen molar-refractivity contribution in [2.45, 2.75) is 71.1 Å². The van der Waals surface area contributed by atoms with Crippen LogP contribution in [0.5, 0.6) is 0 Å². The van der Waals surface area contributed by atoms with Gasteiger partial charge in [0.25, 0.3) is 5.56 Å². The predicted octanol–water partition coefficient (Wildman–Crippen LogP) is 6.76. The van der Waals surface area contributed by atoms with E-state index in [1.165, 1.54) is 10.6 Å². The van der Waals surface area contributed by atoms with Crippen molar-refractivity contribution in [3.05, 3.63) is 133 Å². The molecule has 0 bridgehead atoms. The van der Waals surface area contributed by atoms with Crippen LogP contribution in [-0.4, -0.2) is 33.5 Å². The molecule has 3 aromatic carbocycles. The van der Waals surface area contributed by atoms with Crippen molar-refractivity contribution in [3.63, 3.8) is 0 Å². The maximum Gasteiger partial charge on any atom is 0.478 e. The van der Waals surface area contributed by atoms with Gasteiger partial charge in [0.15, 0.2) is 5.60 Å². The van der Waals surface area contributed by atoms with Gasteiger partial charge in [-0.1, -0.05) is 67.6 Å². The van der Waals surface area contributed by atoms with E-state index >= 15 is 4.39 Å². The minimum absolute atomic E-state index is 0.0234. The molecule has 0 radical (unpaired) electrons. The van der Waals surface area contributed by atoms with Crippen LogP contribution in [0.4, 0.5) is 9.18 Å². The zero-order valence-corrected chi connectivity index (χ0v) is 30.9. The molecule has 55 heavy (non-hydrogen) atoms. The maximum atomic E-state index is 15.3. The first-order valence-corrected chi connectivity index (χ1v) is 19.3. The number of carbonyl (C=O) groups excluding carboxylic acids is 2. The highest BCUT2D eigenvalue weighted by molar-refractivity contribution is 7.48. The van der Waals surface area contributed by atoms with Gasteiger partial charge in [-0.3, -0.25) is 13.8 Å². The first-order valence-electron chi connectivity index (χ1n) is 17.9. The molecule has 13 nitrogen and oxygen atoms in total. The van der Waals surface area contributed by atoms with Crippen molar-refractivity contribution in [2.24, 2.45) is 0 Å². The molecule has 1 aliphatic carbocycles. The zero-order chi connectivity index (χ0) is 38.5. The van der Waals surface area contributed by atoms with Gasteiger partial charge in [-0.2, -0.15) is 0 Å². The second-order valence-corrected chi connectivity index (χ2v) is 15.4. The molecule has 2 aromatic heterocycles. The Kier molecular flexibility index (Phi) is 9.64. The number of nitrogens with one attached hydrogen (secondary N) is 1. The van der Waals surface area contributed by atoms with Gasteiger partial charge in [-0.15, -0.1) is 0 Å². The van der Waals surface area contributed by atoms with Gasteiger partial charge < -0.3 is 24.5 Å². The summed E-state index contributed by atoms with van der Waals surface area (Å²) in [6.07, 6.45) is -0.146. The Bertz CT molecular complexity index is 2410. The molecule has 0 spiro atoms. The molecule has 15 heteroatoms. The fourth-order valence-corrected chi connectivity index (χ4v) is 8.61. The van der Waals surface area contributed by atoms with E-state index in [0.29, 0.717) is 51.8 Å². The van der Waals surface area contributed by atoms with Gasteiger partial charge in [-0.05, 0) is 60.1 Å². The number of aliphatic hydroxyl groups is 1. The number of phosphoric acid groups is 1. The number of nitrogens with zero attached hydrogens (tertiary/aromatic N) is 2. The molecule has 284 valence electrons. The number of carbonyl (C=O) groups is 2. The SMILES string of the molecule is CC[C@@]1(O)C(=O)OCc2c1cc1n(c2=O)Cc2c-1nc1cc(F)c(C)c3c1c2[C@@H](NC(=O)OCOP(=O)(OCc1ccccc1)OCc1ccccc1)CC3. The van der Waals surface area contributed by atoms with Crippen molar-refractivity contribution in [2.75, 3.05) is 6.79 Å². The van der Waals surface area contributed by atoms with E-state index in [1.54, 1.807) is 44.2 Å². The molecule has 0 saturated carbocycles. The van der Waals surface area contributed by atoms with Crippen LogP contribution in [0.2, 0.25) is 0 Å². The quantitative estimate of drug-likeness (QED) is 0.0813. The number of esters is 1. The summed E-state index contributed by atoms with van der Waals surface area (Å²) in [5.74, 6) is -1.29. The molecule has 1 amide bonds. The summed E-state index contributed by atoms with van der Waals surface area (Å²) < 4.78 is 57.8. The van der Waals surface area contributed by atoms with Crippen LogP contribution in [0.3, 0.4) is 0 Å². The van der Waals surface area contributed by atoms with Gasteiger partial charge in [-0.25, -0.2) is 28.1 Å². The normalized spacial score (nSPS) is 18.3. The van der Waals surface area contributed by atoms with E-state index in [-0.39, 0.29) is 43.9 Å². The summed E-state index contributed by atoms with van der Waals surface area (Å²) in [6.45, 7) is 2.15. The number of phosphoric ester groups is 1. The fourth-order valence-electron chi connectivity index (χ4n) is 7.59. The van der Waals surface area contributed by atoms with E-state index in [0.717, 1.165) is 16.7 Å². The molecule has 4 heterocycles. The molecule has 8 rings (SSSR count). The Hall–Kier alpha value is -5.24. The Morgan fingerprint density at radius 2 is 1.69 bits per heavy atom. The van der Waals surface area contributed by atoms with Gasteiger partial charge in [0.05, 0.1) is 48.3 Å². The van der Waals surface area contributed by atoms with Crippen LogP contribution < -0.4 is 10.9 Å². The molecule has 2 aliphatic heterocycles. The van der Waals surface area contributed by atoms with Gasteiger partial charge in [0.2, 0.25) is 6.79 Å². The summed E-state index contributed by atoms with van der Waals surface area (Å²) in [5.41, 5.74) is 2.80. The summed E-state index contributed by atoms with van der Waals surface area (Å²) >= 11 is 0. The highest BCUT2D eigenvalue weighted by atomic mass is 31.2. The standard InChI is InChI=1S/C40H37FN3O10P/c1-3-40(48)29-16-33-36-27(18-44(33)37(45)28(29)21-50-38(40)46)35-31(15-14-26-23(2)30(41)17-32(42-36)34(26)35)43-39(47)51-22-54-55(49,52-19-24-10-6-4-7-11-24)53-20-25-12-8-5-9-13-25/h4-13,16-17,31,48H,3,14-15,18-22H2,1-2H3,(H,43,47)/t31-,40-/m0/s1. The number of amides is 1. The van der Waals surface area contributed by atoms with Crippen LogP contribution in [0, 0.1) is 12.7 Å². The summed E-state index contributed by atoms with van der Waals surface area (Å²) in [4.78, 5) is 44.8. The number of hydrogen-bond donors (Lipinski definition) is 2. The fraction of sp³-hybridized carbons (Fsp3) is 0.300. The number of hydrogen-bond acceptors (Lipinski definition) is 11. The minimum atomic E-state index is -4.24. The Balaban J connectivity index is 1.07. The van der Waals surface area contributed by atoms with E-state index in [2.05, 4.69) is 5.32 Å². The number of benzene rings is 3. The topological polar surface area (TPSA) is 165 Å². The summed E-state index contributed by atoms with van der Waals surface area (Å²) in [6, 6.07) is 20.3. The second kappa shape index (κ2) is 14.4. The molecule has 0 saturated heterocycles. The highest BCUT2D eigenvalue weighted by Crippen LogP contribution is 2.51. The molecule has 3 aliphatic rings. The number of alkyl carbamates (subject to hydrolysis) is 1. The molecule has 2 N–H and O–H groups in total. The van der Waals surface area contributed by atoms with Gasteiger partial charge in [0, 0.05) is 22.6 Å². The third-order valence-corrected chi connectivity index (χ3v) is 11.8. The lowest BCUT2D eigenvalue weighted by atomic mass is 9.81. The van der Waals surface area contributed by atoms with Crippen LogP contribution in [0.1, 0.15) is 70.3 Å². The maximum absolute atomic E-state index is 15.3. The van der Waals surface area contributed by atoms with Crippen LogP contribution in [0.15, 0.2) is 77.6 Å². The molecule has 5 aromatic rings. The lowest BCUT2D eigenvalue weighted by Gasteiger charge is -2.31. The van der Waals surface area contributed by atoms with Crippen LogP contribution in [0.25, 0.3) is 22.3 Å². The smallest absolute Gasteiger partial charge is 0.458 e. The van der Waals surface area contributed by atoms with Crippen molar-refractivity contribution in [1.29, 1.82) is 0 Å². The number of ether oxygens (including phenoxy) is 2. The van der Waals surface area contributed by atoms with E-state index in [1.807, 2.05) is 36.4 Å². The largest absolute Gasteiger partial charge is 0.478 e.